The van der Waals surface area contributed by atoms with Gasteiger partial charge in [-0.1, -0.05) is 44.6 Å². The maximum Gasteiger partial charge on any atom is 0.0531 e. The molecule has 0 amide bonds. The molecule has 0 aromatic heterocycles. The molecule has 0 rings (SSSR count). The van der Waals surface area contributed by atoms with Crippen molar-refractivity contribution in [2.75, 3.05) is 19.8 Å². The Hall–Kier alpha value is -0.380. The van der Waals surface area contributed by atoms with Crippen LogP contribution in [0.3, 0.4) is 0 Å². The van der Waals surface area contributed by atoms with Crippen LogP contribution in [-0.4, -0.2) is 35.1 Å². The van der Waals surface area contributed by atoms with Crippen molar-refractivity contribution in [3.05, 3.63) is 12.7 Å². The van der Waals surface area contributed by atoms with Gasteiger partial charge in [0.15, 0.2) is 0 Å². The topological polar surface area (TPSA) is 60.7 Å². The fourth-order valence-corrected chi connectivity index (χ4v) is 2.06. The second kappa shape index (κ2) is 11.7. The van der Waals surface area contributed by atoms with Crippen LogP contribution in [0.15, 0.2) is 12.7 Å². The van der Waals surface area contributed by atoms with Crippen LogP contribution < -0.4 is 0 Å². The molecule has 3 nitrogen and oxygen atoms in total. The molecule has 0 unspecified atom stereocenters. The molecule has 3 heteroatoms. The lowest BCUT2D eigenvalue weighted by Crippen LogP contribution is -2.33. The first-order valence-corrected chi connectivity index (χ1v) is 7.18. The summed E-state index contributed by atoms with van der Waals surface area (Å²) in [6, 6.07) is 0. The summed E-state index contributed by atoms with van der Waals surface area (Å²) in [5.74, 6) is 0. The Morgan fingerprint density at radius 2 is 1.17 bits per heavy atom. The Balaban J connectivity index is 3.41. The van der Waals surface area contributed by atoms with Crippen LogP contribution in [0.4, 0.5) is 0 Å². The van der Waals surface area contributed by atoms with Crippen molar-refractivity contribution in [1.29, 1.82) is 0 Å². The molecule has 0 aliphatic rings. The molecule has 0 atom stereocenters. The van der Waals surface area contributed by atoms with Crippen LogP contribution in [0.1, 0.15) is 57.8 Å². The van der Waals surface area contributed by atoms with Gasteiger partial charge >= 0.3 is 0 Å². The molecule has 0 aromatic carbocycles. The predicted octanol–water partition coefficient (Wildman–Crippen LogP) is 2.65. The summed E-state index contributed by atoms with van der Waals surface area (Å²) in [6.45, 7) is 3.29. The van der Waals surface area contributed by atoms with Crippen molar-refractivity contribution in [3.8, 4) is 0 Å². The lowest BCUT2D eigenvalue weighted by Gasteiger charge is -2.27. The van der Waals surface area contributed by atoms with E-state index < -0.39 is 5.41 Å². The highest BCUT2D eigenvalue weighted by atomic mass is 16.3. The van der Waals surface area contributed by atoms with Gasteiger partial charge in [-0.3, -0.25) is 0 Å². The average Bonchev–Trinajstić information content (AvgIpc) is 2.42. The summed E-state index contributed by atoms with van der Waals surface area (Å²) in [7, 11) is 0. The molecular weight excluding hydrogens is 228 g/mol. The smallest absolute Gasteiger partial charge is 0.0531 e. The van der Waals surface area contributed by atoms with Crippen LogP contribution in [0.25, 0.3) is 0 Å². The molecule has 0 aliphatic carbocycles. The van der Waals surface area contributed by atoms with Gasteiger partial charge in [0.05, 0.1) is 19.8 Å². The summed E-state index contributed by atoms with van der Waals surface area (Å²) in [5.41, 5.74) is -0.677. The third kappa shape index (κ3) is 7.85. The predicted molar refractivity (Wildman–Crippen MR) is 75.4 cm³/mol. The van der Waals surface area contributed by atoms with E-state index in [2.05, 4.69) is 6.58 Å². The lowest BCUT2D eigenvalue weighted by atomic mass is 9.85. The fraction of sp³-hybridized carbons (Fsp3) is 0.867. The van der Waals surface area contributed by atoms with E-state index in [1.807, 2.05) is 6.08 Å². The summed E-state index contributed by atoms with van der Waals surface area (Å²) >= 11 is 0. The first-order chi connectivity index (χ1) is 8.74. The highest BCUT2D eigenvalue weighted by molar-refractivity contribution is 4.76. The number of hydrogen-bond acceptors (Lipinski definition) is 3. The van der Waals surface area contributed by atoms with Gasteiger partial charge in [-0.25, -0.2) is 0 Å². The number of unbranched alkanes of at least 4 members (excludes halogenated alkanes) is 7. The van der Waals surface area contributed by atoms with E-state index in [1.54, 1.807) is 0 Å². The van der Waals surface area contributed by atoms with Crippen LogP contribution >= 0.6 is 0 Å². The number of aliphatic hydroxyl groups excluding tert-OH is 3. The van der Waals surface area contributed by atoms with E-state index in [4.69, 9.17) is 0 Å². The number of rotatable bonds is 13. The van der Waals surface area contributed by atoms with Crippen molar-refractivity contribution in [2.24, 2.45) is 5.41 Å². The molecule has 0 bridgehead atoms. The van der Waals surface area contributed by atoms with Gasteiger partial charge in [0.25, 0.3) is 0 Å². The van der Waals surface area contributed by atoms with Gasteiger partial charge in [-0.2, -0.15) is 0 Å². The molecule has 108 valence electrons. The third-order valence-electron chi connectivity index (χ3n) is 3.62. The maximum absolute atomic E-state index is 9.17. The molecule has 0 saturated heterocycles. The Morgan fingerprint density at radius 3 is 1.61 bits per heavy atom. The van der Waals surface area contributed by atoms with Gasteiger partial charge in [0.1, 0.15) is 0 Å². The fourth-order valence-electron chi connectivity index (χ4n) is 2.06. The van der Waals surface area contributed by atoms with Gasteiger partial charge in [0.2, 0.25) is 0 Å². The molecule has 0 saturated carbocycles. The minimum absolute atomic E-state index is 0.137. The van der Waals surface area contributed by atoms with Gasteiger partial charge in [-0.15, -0.1) is 6.58 Å². The molecule has 0 aromatic rings. The van der Waals surface area contributed by atoms with E-state index >= 15 is 0 Å². The first kappa shape index (κ1) is 17.6. The average molecular weight is 258 g/mol. The zero-order chi connectivity index (χ0) is 13.7. The highest BCUT2D eigenvalue weighted by Gasteiger charge is 2.26. The van der Waals surface area contributed by atoms with Crippen molar-refractivity contribution < 1.29 is 15.3 Å². The summed E-state index contributed by atoms with van der Waals surface area (Å²) in [6.07, 6.45) is 12.1. The zero-order valence-electron chi connectivity index (χ0n) is 11.6. The molecule has 0 fully saturated rings. The molecule has 3 N–H and O–H groups in total. The van der Waals surface area contributed by atoms with E-state index in [1.165, 1.54) is 32.1 Å². The minimum atomic E-state index is -0.677. The summed E-state index contributed by atoms with van der Waals surface area (Å²) in [4.78, 5) is 0. The number of hydrogen-bond donors (Lipinski definition) is 3. The molecular formula is C15H30O3. The maximum atomic E-state index is 9.17. The van der Waals surface area contributed by atoms with E-state index in [-0.39, 0.29) is 19.8 Å². The van der Waals surface area contributed by atoms with Gasteiger partial charge in [-0.05, 0) is 19.3 Å². The quantitative estimate of drug-likeness (QED) is 0.351. The molecule has 0 aliphatic heterocycles. The summed E-state index contributed by atoms with van der Waals surface area (Å²) < 4.78 is 0. The SMILES string of the molecule is C=CCCCCCCCCCC(CO)(CO)CO. The minimum Gasteiger partial charge on any atom is -0.396 e. The van der Waals surface area contributed by atoms with Crippen molar-refractivity contribution in [3.63, 3.8) is 0 Å². The van der Waals surface area contributed by atoms with Gasteiger partial charge in [0, 0.05) is 5.41 Å². The third-order valence-corrected chi connectivity index (χ3v) is 3.62. The van der Waals surface area contributed by atoms with Gasteiger partial charge < -0.3 is 15.3 Å². The standard InChI is InChI=1S/C15H30O3/c1-2-3-4-5-6-7-8-9-10-11-15(12-16,13-17)14-18/h2,16-18H,1,3-14H2. The molecule has 0 heterocycles. The van der Waals surface area contributed by atoms with Crippen molar-refractivity contribution in [2.45, 2.75) is 57.8 Å². The monoisotopic (exact) mass is 258 g/mol. The Labute approximate surface area is 112 Å². The zero-order valence-corrected chi connectivity index (χ0v) is 11.6. The van der Waals surface area contributed by atoms with Crippen molar-refractivity contribution in [1.82, 2.24) is 0 Å². The van der Waals surface area contributed by atoms with Crippen LogP contribution in [0.2, 0.25) is 0 Å². The Morgan fingerprint density at radius 1 is 0.722 bits per heavy atom. The summed E-state index contributed by atoms with van der Waals surface area (Å²) in [5, 5.41) is 27.5. The normalized spacial score (nSPS) is 11.7. The van der Waals surface area contributed by atoms with Crippen LogP contribution in [0.5, 0.6) is 0 Å². The van der Waals surface area contributed by atoms with E-state index in [0.29, 0.717) is 6.42 Å². The first-order valence-electron chi connectivity index (χ1n) is 7.18. The Kier molecular flexibility index (Phi) is 11.4. The Bertz CT molecular complexity index is 180. The lowest BCUT2D eigenvalue weighted by molar-refractivity contribution is -0.00229. The van der Waals surface area contributed by atoms with Crippen molar-refractivity contribution >= 4 is 0 Å². The molecule has 0 spiro atoms. The van der Waals surface area contributed by atoms with E-state index in [9.17, 15) is 15.3 Å². The number of aliphatic hydroxyl groups is 3. The van der Waals surface area contributed by atoms with E-state index in [0.717, 1.165) is 19.3 Å². The van der Waals surface area contributed by atoms with Crippen LogP contribution in [0, 0.1) is 5.41 Å². The number of allylic oxidation sites excluding steroid dienone is 1. The highest BCUT2D eigenvalue weighted by Crippen LogP contribution is 2.23. The second-order valence-corrected chi connectivity index (χ2v) is 5.28. The molecule has 0 radical (unpaired) electrons. The molecule has 18 heavy (non-hydrogen) atoms. The second-order valence-electron chi connectivity index (χ2n) is 5.28. The largest absolute Gasteiger partial charge is 0.396 e. The van der Waals surface area contributed by atoms with Crippen LogP contribution in [-0.2, 0) is 0 Å².